The molecule has 26 heavy (non-hydrogen) atoms. The van der Waals surface area contributed by atoms with Gasteiger partial charge in [-0.25, -0.2) is 4.68 Å². The number of rotatable bonds is 5. The lowest BCUT2D eigenvalue weighted by atomic mass is 10.1. The zero-order chi connectivity index (χ0) is 18.7. The molecule has 134 valence electrons. The van der Waals surface area contributed by atoms with E-state index in [4.69, 9.17) is 0 Å². The van der Waals surface area contributed by atoms with E-state index in [0.29, 0.717) is 29.6 Å². The number of benzene rings is 1. The lowest BCUT2D eigenvalue weighted by Gasteiger charge is -2.19. The van der Waals surface area contributed by atoms with Gasteiger partial charge >= 0.3 is 0 Å². The number of amides is 1. The van der Waals surface area contributed by atoms with Gasteiger partial charge in [-0.1, -0.05) is 38.1 Å². The van der Waals surface area contributed by atoms with Gasteiger partial charge in [0.05, 0.1) is 5.39 Å². The average molecular weight is 350 g/mol. The quantitative estimate of drug-likeness (QED) is 0.709. The Balaban J connectivity index is 2.04. The highest BCUT2D eigenvalue weighted by Crippen LogP contribution is 2.16. The summed E-state index contributed by atoms with van der Waals surface area (Å²) in [6, 6.07) is 10.9. The fraction of sp³-hybridized carbons (Fsp3) is 0.300. The predicted molar refractivity (Wildman–Crippen MR) is 101 cm³/mol. The number of carbonyl (C=O) groups excluding carboxylic acids is 1. The molecule has 1 aromatic carbocycles. The van der Waals surface area contributed by atoms with Gasteiger partial charge < -0.3 is 4.90 Å². The normalized spacial score (nSPS) is 11.1. The van der Waals surface area contributed by atoms with Crippen LogP contribution in [0.3, 0.4) is 0 Å². The summed E-state index contributed by atoms with van der Waals surface area (Å²) in [5.74, 6) is 0.0278. The number of fused-ring (bicyclic) bond motifs is 1. The first kappa shape index (κ1) is 17.8. The first-order valence-corrected chi connectivity index (χ1v) is 8.61. The van der Waals surface area contributed by atoms with E-state index < -0.39 is 0 Å². The van der Waals surface area contributed by atoms with Gasteiger partial charge in [0.2, 0.25) is 0 Å². The van der Waals surface area contributed by atoms with E-state index in [9.17, 15) is 9.59 Å². The minimum absolute atomic E-state index is 0.166. The molecule has 0 atom stereocenters. The Morgan fingerprint density at radius 2 is 1.88 bits per heavy atom. The van der Waals surface area contributed by atoms with Gasteiger partial charge in [-0.3, -0.25) is 14.6 Å². The molecule has 0 aliphatic rings. The van der Waals surface area contributed by atoms with Crippen LogP contribution < -0.4 is 5.56 Å². The van der Waals surface area contributed by atoms with E-state index in [1.807, 2.05) is 32.0 Å². The summed E-state index contributed by atoms with van der Waals surface area (Å²) in [6.07, 6.45) is 3.43. The summed E-state index contributed by atoms with van der Waals surface area (Å²) < 4.78 is 1.40. The second-order valence-electron chi connectivity index (χ2n) is 6.80. The van der Waals surface area contributed by atoms with Gasteiger partial charge in [0.1, 0.15) is 0 Å². The van der Waals surface area contributed by atoms with Crippen molar-refractivity contribution in [3.05, 3.63) is 70.4 Å². The van der Waals surface area contributed by atoms with E-state index >= 15 is 0 Å². The highest BCUT2D eigenvalue weighted by Gasteiger charge is 2.20. The molecule has 0 spiro atoms. The monoisotopic (exact) mass is 350 g/mol. The van der Waals surface area contributed by atoms with Crippen molar-refractivity contribution in [1.29, 1.82) is 0 Å². The molecule has 0 saturated carbocycles. The molecule has 0 radical (unpaired) electrons. The highest BCUT2D eigenvalue weighted by atomic mass is 16.2. The van der Waals surface area contributed by atoms with Crippen LogP contribution in [0.1, 0.15) is 29.9 Å². The third-order valence-corrected chi connectivity index (χ3v) is 4.10. The molecule has 0 aliphatic heterocycles. The van der Waals surface area contributed by atoms with Gasteiger partial charge in [0.15, 0.2) is 5.69 Å². The number of hydrogen-bond acceptors (Lipinski definition) is 4. The molecule has 2 aromatic heterocycles. The lowest BCUT2D eigenvalue weighted by molar-refractivity contribution is 0.0778. The van der Waals surface area contributed by atoms with Crippen LogP contribution in [-0.4, -0.2) is 32.6 Å². The molecule has 3 rings (SSSR count). The summed E-state index contributed by atoms with van der Waals surface area (Å²) in [7, 11) is 1.73. The molecule has 0 N–H and O–H groups in total. The van der Waals surface area contributed by atoms with E-state index in [2.05, 4.69) is 10.1 Å². The predicted octanol–water partition coefficient (Wildman–Crippen LogP) is 2.72. The van der Waals surface area contributed by atoms with Gasteiger partial charge in [-0.2, -0.15) is 5.10 Å². The number of hydrogen-bond donors (Lipinski definition) is 0. The lowest BCUT2D eigenvalue weighted by Crippen LogP contribution is -2.32. The summed E-state index contributed by atoms with van der Waals surface area (Å²) in [4.78, 5) is 31.4. The van der Waals surface area contributed by atoms with Crippen molar-refractivity contribution in [2.45, 2.75) is 26.9 Å². The molecule has 0 saturated heterocycles. The van der Waals surface area contributed by atoms with E-state index in [0.717, 1.165) is 5.56 Å². The van der Waals surface area contributed by atoms with Crippen LogP contribution in [0.2, 0.25) is 0 Å². The molecule has 0 aliphatic carbocycles. The van der Waals surface area contributed by atoms with Crippen LogP contribution in [0.5, 0.6) is 0 Å². The van der Waals surface area contributed by atoms with Gasteiger partial charge in [0, 0.05) is 37.9 Å². The van der Waals surface area contributed by atoms with Crippen molar-refractivity contribution < 1.29 is 4.79 Å². The van der Waals surface area contributed by atoms with Gasteiger partial charge in [0.25, 0.3) is 11.5 Å². The topological polar surface area (TPSA) is 68.1 Å². The molecule has 6 heteroatoms. The summed E-state index contributed by atoms with van der Waals surface area (Å²) in [5.41, 5.74) is 1.07. The summed E-state index contributed by atoms with van der Waals surface area (Å²) in [5, 5.41) is 5.50. The Bertz CT molecular complexity index is 980. The second kappa shape index (κ2) is 7.47. The maximum absolute atomic E-state index is 13.0. The van der Waals surface area contributed by atoms with Crippen molar-refractivity contribution in [2.75, 3.05) is 7.05 Å². The van der Waals surface area contributed by atoms with E-state index in [-0.39, 0.29) is 17.4 Å². The van der Waals surface area contributed by atoms with Crippen molar-refractivity contribution in [3.63, 3.8) is 0 Å². The smallest absolute Gasteiger partial charge is 0.274 e. The molecule has 0 unspecified atom stereocenters. The number of nitrogens with zero attached hydrogens (tertiary/aromatic N) is 4. The molecule has 1 amide bonds. The Hall–Kier alpha value is -3.02. The maximum Gasteiger partial charge on any atom is 0.274 e. The number of pyridine rings is 1. The first-order valence-electron chi connectivity index (χ1n) is 8.61. The molecule has 3 aromatic rings. The fourth-order valence-electron chi connectivity index (χ4n) is 2.88. The zero-order valence-electron chi connectivity index (χ0n) is 15.2. The van der Waals surface area contributed by atoms with Crippen molar-refractivity contribution >= 4 is 16.7 Å². The maximum atomic E-state index is 13.0. The molecule has 2 heterocycles. The van der Waals surface area contributed by atoms with Crippen LogP contribution in [0.15, 0.2) is 53.6 Å². The third-order valence-electron chi connectivity index (χ3n) is 4.10. The fourth-order valence-corrected chi connectivity index (χ4v) is 2.88. The standard InChI is InChI=1S/C20H22N4O2/c1-14(2)12-24-19(25)17-9-5-4-8-16(17)18(22-24)20(26)23(3)13-15-7-6-10-21-11-15/h4-11,14H,12-13H2,1-3H3. The van der Waals surface area contributed by atoms with Crippen molar-refractivity contribution in [3.8, 4) is 0 Å². The Morgan fingerprint density at radius 1 is 1.15 bits per heavy atom. The van der Waals surface area contributed by atoms with Crippen LogP contribution in [0.25, 0.3) is 10.8 Å². The summed E-state index contributed by atoms with van der Waals surface area (Å²) in [6.45, 7) is 4.92. The van der Waals surface area contributed by atoms with Crippen molar-refractivity contribution in [1.82, 2.24) is 19.7 Å². The SMILES string of the molecule is CC(C)Cn1nc(C(=O)N(C)Cc2cccnc2)c2ccccc2c1=O. The van der Waals surface area contributed by atoms with E-state index in [1.54, 1.807) is 42.5 Å². The highest BCUT2D eigenvalue weighted by molar-refractivity contribution is 6.04. The van der Waals surface area contributed by atoms with Gasteiger partial charge in [-0.15, -0.1) is 0 Å². The Kier molecular flexibility index (Phi) is 5.11. The van der Waals surface area contributed by atoms with Crippen LogP contribution in [0, 0.1) is 5.92 Å². The molecule has 0 fully saturated rings. The van der Waals surface area contributed by atoms with E-state index in [1.165, 1.54) is 4.68 Å². The number of carbonyl (C=O) groups is 1. The molecule has 0 bridgehead atoms. The number of aromatic nitrogens is 3. The molecular weight excluding hydrogens is 328 g/mol. The minimum atomic E-state index is -0.220. The Labute approximate surface area is 152 Å². The summed E-state index contributed by atoms with van der Waals surface area (Å²) >= 11 is 0. The van der Waals surface area contributed by atoms with Crippen molar-refractivity contribution in [2.24, 2.45) is 5.92 Å². The third kappa shape index (κ3) is 3.64. The van der Waals surface area contributed by atoms with Crippen LogP contribution in [0.4, 0.5) is 0 Å². The second-order valence-corrected chi connectivity index (χ2v) is 6.80. The van der Waals surface area contributed by atoms with Crippen LogP contribution in [-0.2, 0) is 13.1 Å². The zero-order valence-corrected chi connectivity index (χ0v) is 15.2. The molecule has 6 nitrogen and oxygen atoms in total. The largest absolute Gasteiger partial charge is 0.336 e. The minimum Gasteiger partial charge on any atom is -0.336 e. The average Bonchev–Trinajstić information content (AvgIpc) is 2.64. The van der Waals surface area contributed by atoms with Gasteiger partial charge in [-0.05, 0) is 23.6 Å². The first-order chi connectivity index (χ1) is 12.5. The molecular formula is C20H22N4O2. The Morgan fingerprint density at radius 3 is 2.54 bits per heavy atom. The van der Waals surface area contributed by atoms with Crippen LogP contribution >= 0.6 is 0 Å².